The van der Waals surface area contributed by atoms with Crippen molar-refractivity contribution in [3.63, 3.8) is 0 Å². The van der Waals surface area contributed by atoms with Crippen LogP contribution in [0.2, 0.25) is 0 Å². The number of carbonyl (C=O) groups excluding carboxylic acids is 1. The number of rotatable bonds is 7. The zero-order valence-electron chi connectivity index (χ0n) is 14.8. The van der Waals surface area contributed by atoms with Crippen molar-refractivity contribution in [1.29, 1.82) is 0 Å². The van der Waals surface area contributed by atoms with E-state index in [1.807, 2.05) is 55.5 Å². The monoisotopic (exact) mass is 346 g/mol. The van der Waals surface area contributed by atoms with Crippen LogP contribution in [0.15, 0.2) is 73.1 Å². The lowest BCUT2D eigenvalue weighted by Crippen LogP contribution is -2.26. The van der Waals surface area contributed by atoms with Crippen molar-refractivity contribution in [1.82, 2.24) is 15.3 Å². The molecule has 2 aromatic carbocycles. The molecule has 132 valence electrons. The molecular formula is C21H22N4O. The number of para-hydroxylation sites is 1. The van der Waals surface area contributed by atoms with Gasteiger partial charge in [0.2, 0.25) is 0 Å². The predicted molar refractivity (Wildman–Crippen MR) is 103 cm³/mol. The molecule has 0 aliphatic carbocycles. The van der Waals surface area contributed by atoms with E-state index in [-0.39, 0.29) is 5.91 Å². The number of carbonyl (C=O) groups is 1. The number of aromatic nitrogens is 2. The van der Waals surface area contributed by atoms with Crippen molar-refractivity contribution in [3.05, 3.63) is 84.3 Å². The molecule has 0 radical (unpaired) electrons. The van der Waals surface area contributed by atoms with Crippen LogP contribution in [0.5, 0.6) is 0 Å². The largest absolute Gasteiger partial charge is 0.351 e. The third-order valence-corrected chi connectivity index (χ3v) is 3.95. The Morgan fingerprint density at radius 1 is 1.00 bits per heavy atom. The number of hydrogen-bond acceptors (Lipinski definition) is 4. The van der Waals surface area contributed by atoms with Crippen LogP contribution in [-0.4, -0.2) is 22.4 Å². The molecule has 1 amide bonds. The van der Waals surface area contributed by atoms with Crippen LogP contribution < -0.4 is 10.2 Å². The molecule has 1 heterocycles. The number of hydrogen-bond donors (Lipinski definition) is 1. The first-order chi connectivity index (χ1) is 12.8. The Kier molecular flexibility index (Phi) is 5.93. The van der Waals surface area contributed by atoms with E-state index in [4.69, 9.17) is 0 Å². The average Bonchev–Trinajstić information content (AvgIpc) is 2.71. The molecule has 0 atom stereocenters. The van der Waals surface area contributed by atoms with Gasteiger partial charge in [0.05, 0.1) is 0 Å². The molecule has 5 heteroatoms. The van der Waals surface area contributed by atoms with Crippen molar-refractivity contribution in [2.75, 3.05) is 11.4 Å². The first-order valence-corrected chi connectivity index (χ1v) is 8.74. The summed E-state index contributed by atoms with van der Waals surface area (Å²) >= 11 is 0. The SMILES string of the molecule is CCCNC(=O)c1cc(N(Cc2ccccc2)c2ccccc2)ncn1. The molecule has 1 aromatic heterocycles. The highest BCUT2D eigenvalue weighted by Crippen LogP contribution is 2.25. The van der Waals surface area contributed by atoms with Crippen LogP contribution >= 0.6 is 0 Å². The van der Waals surface area contributed by atoms with E-state index in [1.54, 1.807) is 6.07 Å². The van der Waals surface area contributed by atoms with Crippen molar-refractivity contribution >= 4 is 17.4 Å². The summed E-state index contributed by atoms with van der Waals surface area (Å²) in [5, 5.41) is 2.86. The second-order valence-corrected chi connectivity index (χ2v) is 5.92. The molecule has 26 heavy (non-hydrogen) atoms. The average molecular weight is 346 g/mol. The lowest BCUT2D eigenvalue weighted by molar-refractivity contribution is 0.0948. The highest BCUT2D eigenvalue weighted by molar-refractivity contribution is 5.93. The van der Waals surface area contributed by atoms with Crippen molar-refractivity contribution < 1.29 is 4.79 Å². The summed E-state index contributed by atoms with van der Waals surface area (Å²) in [7, 11) is 0. The minimum absolute atomic E-state index is 0.178. The molecule has 0 saturated carbocycles. The van der Waals surface area contributed by atoms with Crippen molar-refractivity contribution in [2.45, 2.75) is 19.9 Å². The minimum Gasteiger partial charge on any atom is -0.351 e. The van der Waals surface area contributed by atoms with Crippen molar-refractivity contribution in [3.8, 4) is 0 Å². The predicted octanol–water partition coefficient (Wildman–Crippen LogP) is 3.95. The van der Waals surface area contributed by atoms with Gasteiger partial charge >= 0.3 is 0 Å². The van der Waals surface area contributed by atoms with Gasteiger partial charge in [0.1, 0.15) is 17.8 Å². The van der Waals surface area contributed by atoms with E-state index in [2.05, 4.69) is 32.3 Å². The van der Waals surface area contributed by atoms with Gasteiger partial charge in [-0.2, -0.15) is 0 Å². The van der Waals surface area contributed by atoms with Gasteiger partial charge in [-0.25, -0.2) is 9.97 Å². The molecular weight excluding hydrogens is 324 g/mol. The van der Waals surface area contributed by atoms with Crippen LogP contribution in [0.1, 0.15) is 29.4 Å². The molecule has 0 aliphatic heterocycles. The van der Waals surface area contributed by atoms with Gasteiger partial charge < -0.3 is 10.2 Å². The Labute approximate surface area is 153 Å². The van der Waals surface area contributed by atoms with Crippen molar-refractivity contribution in [2.24, 2.45) is 0 Å². The van der Waals surface area contributed by atoms with E-state index in [0.29, 0.717) is 24.6 Å². The van der Waals surface area contributed by atoms with E-state index >= 15 is 0 Å². The molecule has 0 saturated heterocycles. The van der Waals surface area contributed by atoms with Gasteiger partial charge in [-0.15, -0.1) is 0 Å². The molecule has 0 aliphatic rings. The number of amides is 1. The maximum Gasteiger partial charge on any atom is 0.270 e. The van der Waals surface area contributed by atoms with E-state index in [9.17, 15) is 4.79 Å². The maximum absolute atomic E-state index is 12.3. The zero-order valence-corrected chi connectivity index (χ0v) is 14.8. The second kappa shape index (κ2) is 8.76. The fourth-order valence-electron chi connectivity index (χ4n) is 2.63. The Morgan fingerprint density at radius 3 is 2.38 bits per heavy atom. The molecule has 1 N–H and O–H groups in total. The van der Waals surface area contributed by atoms with Gasteiger partial charge in [-0.05, 0) is 24.1 Å². The van der Waals surface area contributed by atoms with Gasteiger partial charge in [-0.3, -0.25) is 4.79 Å². The number of anilines is 2. The van der Waals surface area contributed by atoms with Crippen LogP contribution in [-0.2, 0) is 6.54 Å². The Morgan fingerprint density at radius 2 is 1.69 bits per heavy atom. The zero-order chi connectivity index (χ0) is 18.2. The summed E-state index contributed by atoms with van der Waals surface area (Å²) in [6.45, 7) is 3.30. The van der Waals surface area contributed by atoms with Gasteiger partial charge in [0.15, 0.2) is 0 Å². The van der Waals surface area contributed by atoms with Gasteiger partial charge in [0, 0.05) is 24.8 Å². The maximum atomic E-state index is 12.3. The molecule has 0 fully saturated rings. The van der Waals surface area contributed by atoms with Gasteiger partial charge in [-0.1, -0.05) is 55.5 Å². The lowest BCUT2D eigenvalue weighted by atomic mass is 10.2. The second-order valence-electron chi connectivity index (χ2n) is 5.92. The number of benzene rings is 2. The fourth-order valence-corrected chi connectivity index (χ4v) is 2.63. The third-order valence-electron chi connectivity index (χ3n) is 3.95. The summed E-state index contributed by atoms with van der Waals surface area (Å²) in [6, 6.07) is 21.9. The van der Waals surface area contributed by atoms with Crippen LogP contribution in [0.3, 0.4) is 0 Å². The Hall–Kier alpha value is -3.21. The Balaban J connectivity index is 1.93. The fraction of sp³-hybridized carbons (Fsp3) is 0.190. The molecule has 0 spiro atoms. The normalized spacial score (nSPS) is 10.3. The number of nitrogens with one attached hydrogen (secondary N) is 1. The van der Waals surface area contributed by atoms with Crippen LogP contribution in [0.4, 0.5) is 11.5 Å². The van der Waals surface area contributed by atoms with E-state index < -0.39 is 0 Å². The summed E-state index contributed by atoms with van der Waals surface area (Å²) < 4.78 is 0. The summed E-state index contributed by atoms with van der Waals surface area (Å²) in [5.74, 6) is 0.514. The molecule has 3 rings (SSSR count). The summed E-state index contributed by atoms with van der Waals surface area (Å²) in [5.41, 5.74) is 2.54. The van der Waals surface area contributed by atoms with E-state index in [0.717, 1.165) is 17.7 Å². The van der Waals surface area contributed by atoms with Gasteiger partial charge in [0.25, 0.3) is 5.91 Å². The Bertz CT molecular complexity index is 837. The number of nitrogens with zero attached hydrogens (tertiary/aromatic N) is 3. The smallest absolute Gasteiger partial charge is 0.270 e. The third kappa shape index (κ3) is 4.45. The highest BCUT2D eigenvalue weighted by Gasteiger charge is 2.15. The topological polar surface area (TPSA) is 58.1 Å². The summed E-state index contributed by atoms with van der Waals surface area (Å²) in [6.07, 6.45) is 2.32. The van der Waals surface area contributed by atoms with E-state index in [1.165, 1.54) is 6.33 Å². The first kappa shape index (κ1) is 17.6. The lowest BCUT2D eigenvalue weighted by Gasteiger charge is -2.24. The van der Waals surface area contributed by atoms with Crippen LogP contribution in [0, 0.1) is 0 Å². The van der Waals surface area contributed by atoms with Crippen LogP contribution in [0.25, 0.3) is 0 Å². The highest BCUT2D eigenvalue weighted by atomic mass is 16.1. The quantitative estimate of drug-likeness (QED) is 0.704. The molecule has 0 bridgehead atoms. The molecule has 5 nitrogen and oxygen atoms in total. The standard InChI is InChI=1S/C21H22N4O/c1-2-13-22-21(26)19-14-20(24-16-23-19)25(18-11-7-4-8-12-18)15-17-9-5-3-6-10-17/h3-12,14,16H,2,13,15H2,1H3,(H,22,26). The summed E-state index contributed by atoms with van der Waals surface area (Å²) in [4.78, 5) is 22.9. The first-order valence-electron chi connectivity index (χ1n) is 8.74. The molecule has 3 aromatic rings. The minimum atomic E-state index is -0.178. The molecule has 0 unspecified atom stereocenters.